The number of esters is 1. The van der Waals surface area contributed by atoms with Gasteiger partial charge in [0.1, 0.15) is 0 Å². The van der Waals surface area contributed by atoms with Crippen LogP contribution in [0.4, 0.5) is 5.69 Å². The van der Waals surface area contributed by atoms with Gasteiger partial charge in [0.2, 0.25) is 6.10 Å². The van der Waals surface area contributed by atoms with Crippen molar-refractivity contribution in [2.45, 2.75) is 39.7 Å². The smallest absolute Gasteiger partial charge is 0.339 e. The van der Waals surface area contributed by atoms with E-state index < -0.39 is 18.0 Å². The van der Waals surface area contributed by atoms with Crippen molar-refractivity contribution in [2.24, 2.45) is 0 Å². The zero-order valence-corrected chi connectivity index (χ0v) is 21.0. The predicted molar refractivity (Wildman–Crippen MR) is 141 cm³/mol. The predicted octanol–water partition coefficient (Wildman–Crippen LogP) is 7.72. The van der Waals surface area contributed by atoms with Gasteiger partial charge in [-0.15, -0.1) is 0 Å². The number of carbonyl (C=O) groups excluding carboxylic acids is 2. The summed E-state index contributed by atoms with van der Waals surface area (Å²) in [5.41, 5.74) is 7.03. The van der Waals surface area contributed by atoms with Crippen LogP contribution >= 0.6 is 11.6 Å². The third-order valence-electron chi connectivity index (χ3n) is 6.13. The molecule has 2 aromatic rings. The average Bonchev–Trinajstić information content (AvgIpc) is 3.02. The number of ether oxygens (including phenoxy) is 1. The Bertz CT molecular complexity index is 1330. The highest BCUT2D eigenvalue weighted by molar-refractivity contribution is 6.30. The quantitative estimate of drug-likeness (QED) is 0.284. The molecule has 178 valence electrons. The Morgan fingerprint density at radius 3 is 2.14 bits per heavy atom. The highest BCUT2D eigenvalue weighted by atomic mass is 35.5. The van der Waals surface area contributed by atoms with E-state index in [1.54, 1.807) is 48.5 Å². The third-order valence-corrected chi connectivity index (χ3v) is 6.38. The highest BCUT2D eigenvalue weighted by Crippen LogP contribution is 2.40. The third kappa shape index (κ3) is 5.39. The molecule has 1 amide bonds. The Morgan fingerprint density at radius 2 is 1.49 bits per heavy atom. The molecular formula is C30H28ClNO3. The van der Waals surface area contributed by atoms with E-state index in [1.807, 2.05) is 26.0 Å². The van der Waals surface area contributed by atoms with Gasteiger partial charge in [-0.05, 0) is 72.4 Å². The van der Waals surface area contributed by atoms with Crippen LogP contribution in [0.2, 0.25) is 5.02 Å². The summed E-state index contributed by atoms with van der Waals surface area (Å²) in [5, 5.41) is 3.56. The summed E-state index contributed by atoms with van der Waals surface area (Å²) in [5.74, 6) is -0.629. The standard InChI is InChI=1S/C30H28ClNO3/c1-18(2)23-11-10-19(3)27-25(17-23)20(4)16-26(27)32-29(33)28(21-12-14-24(31)15-13-21)35-30(34)22-8-6-5-7-9-22/h5-18,28H,1-4H3,(H,32,33). The molecule has 2 aromatic carbocycles. The number of amides is 1. The molecule has 2 aliphatic rings. The van der Waals surface area contributed by atoms with Gasteiger partial charge >= 0.3 is 5.97 Å². The largest absolute Gasteiger partial charge is 0.444 e. The van der Waals surface area contributed by atoms with E-state index >= 15 is 0 Å². The summed E-state index contributed by atoms with van der Waals surface area (Å²) >= 11 is 6.05. The molecule has 35 heavy (non-hydrogen) atoms. The molecule has 0 radical (unpaired) electrons. The lowest BCUT2D eigenvalue weighted by Gasteiger charge is -2.19. The number of fused-ring (bicyclic) bond motifs is 1. The first-order valence-electron chi connectivity index (χ1n) is 11.6. The summed E-state index contributed by atoms with van der Waals surface area (Å²) < 4.78 is 5.72. The molecule has 0 aliphatic heterocycles. The van der Waals surface area contributed by atoms with E-state index in [9.17, 15) is 9.59 Å². The molecule has 1 unspecified atom stereocenters. The number of halogens is 1. The van der Waals surface area contributed by atoms with E-state index in [4.69, 9.17) is 16.3 Å². The topological polar surface area (TPSA) is 55.4 Å². The Morgan fingerprint density at radius 1 is 0.829 bits per heavy atom. The minimum absolute atomic E-state index is 0.373. The molecule has 0 saturated carbocycles. The molecular weight excluding hydrogens is 458 g/mol. The van der Waals surface area contributed by atoms with Gasteiger partial charge in [-0.25, -0.2) is 4.79 Å². The van der Waals surface area contributed by atoms with E-state index in [1.165, 1.54) is 5.56 Å². The number of hydrogen-bond acceptors (Lipinski definition) is 3. The van der Waals surface area contributed by atoms with Gasteiger partial charge in [0.25, 0.3) is 5.91 Å². The van der Waals surface area contributed by atoms with Gasteiger partial charge in [0.15, 0.2) is 0 Å². The molecule has 0 aromatic heterocycles. The summed E-state index contributed by atoms with van der Waals surface area (Å²) in [7, 11) is 0. The Hall–Kier alpha value is -3.63. The van der Waals surface area contributed by atoms with Crippen molar-refractivity contribution in [3.05, 3.63) is 112 Å². The van der Waals surface area contributed by atoms with Gasteiger partial charge in [0, 0.05) is 21.8 Å². The second-order valence-corrected chi connectivity index (χ2v) is 9.47. The van der Waals surface area contributed by atoms with Crippen LogP contribution < -0.4 is 5.32 Å². The maximum absolute atomic E-state index is 13.6. The Kier molecular flexibility index (Phi) is 7.23. The monoisotopic (exact) mass is 485 g/mol. The average molecular weight is 486 g/mol. The summed E-state index contributed by atoms with van der Waals surface area (Å²) in [4.78, 5) is 26.4. The lowest BCUT2D eigenvalue weighted by atomic mass is 10.0. The molecule has 1 N–H and O–H groups in total. The van der Waals surface area contributed by atoms with Crippen LogP contribution in [0.1, 0.15) is 58.5 Å². The minimum Gasteiger partial charge on any atom is -0.444 e. The van der Waals surface area contributed by atoms with E-state index in [0.29, 0.717) is 27.8 Å². The fraction of sp³-hybridized carbons (Fsp3) is 0.200. The number of anilines is 1. The maximum Gasteiger partial charge on any atom is 0.339 e. The molecule has 0 fully saturated rings. The van der Waals surface area contributed by atoms with Crippen molar-refractivity contribution in [1.82, 2.24) is 0 Å². The van der Waals surface area contributed by atoms with Crippen LogP contribution in [0.5, 0.6) is 0 Å². The summed E-state index contributed by atoms with van der Waals surface area (Å²) in [6.45, 7) is 8.39. The van der Waals surface area contributed by atoms with Crippen molar-refractivity contribution < 1.29 is 14.3 Å². The van der Waals surface area contributed by atoms with Crippen molar-refractivity contribution in [3.63, 3.8) is 0 Å². The molecule has 0 heterocycles. The number of carbonyl (C=O) groups is 2. The Balaban J connectivity index is 1.69. The van der Waals surface area contributed by atoms with Gasteiger partial charge in [-0.3, -0.25) is 4.79 Å². The first-order chi connectivity index (χ1) is 16.7. The molecule has 5 heteroatoms. The van der Waals surface area contributed by atoms with Gasteiger partial charge in [-0.1, -0.05) is 74.0 Å². The van der Waals surface area contributed by atoms with Crippen LogP contribution in [-0.4, -0.2) is 11.9 Å². The van der Waals surface area contributed by atoms with Crippen molar-refractivity contribution in [3.8, 4) is 11.1 Å². The lowest BCUT2D eigenvalue weighted by molar-refractivity contribution is -0.125. The fourth-order valence-electron chi connectivity index (χ4n) is 4.15. The lowest BCUT2D eigenvalue weighted by Crippen LogP contribution is -2.26. The zero-order chi connectivity index (χ0) is 25.1. The van der Waals surface area contributed by atoms with E-state index in [0.717, 1.165) is 22.3 Å². The minimum atomic E-state index is -1.14. The van der Waals surface area contributed by atoms with Crippen molar-refractivity contribution in [1.29, 1.82) is 0 Å². The van der Waals surface area contributed by atoms with Gasteiger partial charge < -0.3 is 10.1 Å². The summed E-state index contributed by atoms with van der Waals surface area (Å²) in [6.07, 6.45) is -1.14. The van der Waals surface area contributed by atoms with Crippen molar-refractivity contribution >= 4 is 29.2 Å². The molecule has 0 bridgehead atoms. The number of rotatable bonds is 6. The van der Waals surface area contributed by atoms with Crippen LogP contribution in [-0.2, 0) is 9.53 Å². The van der Waals surface area contributed by atoms with Crippen LogP contribution in [0.15, 0.2) is 78.9 Å². The SMILES string of the molecule is Cc1cc(NC(=O)C(OC(=O)c2ccccc2)c2ccc(Cl)cc2)c2c(C)ccc(C(C)C)cc1-2. The molecule has 4 rings (SSSR count). The molecule has 1 atom stereocenters. The second kappa shape index (κ2) is 10.3. The first kappa shape index (κ1) is 24.5. The molecule has 0 spiro atoms. The number of hydrogen-bond donors (Lipinski definition) is 1. The molecule has 0 saturated heterocycles. The molecule has 2 aliphatic carbocycles. The zero-order valence-electron chi connectivity index (χ0n) is 20.3. The van der Waals surface area contributed by atoms with Crippen LogP contribution in [0.25, 0.3) is 11.1 Å². The van der Waals surface area contributed by atoms with Gasteiger partial charge in [0.05, 0.1) is 5.56 Å². The van der Waals surface area contributed by atoms with Crippen LogP contribution in [0, 0.1) is 13.8 Å². The second-order valence-electron chi connectivity index (χ2n) is 9.04. The number of nitrogens with one attached hydrogen (secondary N) is 1. The molecule has 4 nitrogen and oxygen atoms in total. The highest BCUT2D eigenvalue weighted by Gasteiger charge is 2.28. The summed E-state index contributed by atoms with van der Waals surface area (Å²) in [6, 6.07) is 23.7. The number of aryl methyl sites for hydroxylation is 2. The maximum atomic E-state index is 13.6. The van der Waals surface area contributed by atoms with E-state index in [-0.39, 0.29) is 0 Å². The van der Waals surface area contributed by atoms with Crippen LogP contribution in [0.3, 0.4) is 0 Å². The first-order valence-corrected chi connectivity index (χ1v) is 12.0. The normalized spacial score (nSPS) is 11.9. The fourth-order valence-corrected chi connectivity index (χ4v) is 4.28. The van der Waals surface area contributed by atoms with Gasteiger partial charge in [-0.2, -0.15) is 0 Å². The van der Waals surface area contributed by atoms with Crippen molar-refractivity contribution in [2.75, 3.05) is 5.32 Å². The van der Waals surface area contributed by atoms with E-state index in [2.05, 4.69) is 37.4 Å². The Labute approximate surface area is 211 Å². The number of benzene rings is 2.